The molecule has 0 N–H and O–H groups in total. The summed E-state index contributed by atoms with van der Waals surface area (Å²) >= 11 is 2.88. The zero-order valence-corrected chi connectivity index (χ0v) is 27.7. The van der Waals surface area contributed by atoms with Gasteiger partial charge in [-0.15, -0.1) is 21.6 Å². The normalized spacial score (nSPS) is 16.4. The summed E-state index contributed by atoms with van der Waals surface area (Å²) in [6.45, 7) is 4.95. The minimum Gasteiger partial charge on any atom is -0.494 e. The molecule has 7 rings (SSSR count). The first kappa shape index (κ1) is 31.0. The molecule has 1 atom stereocenters. The number of benzene rings is 3. The maximum absolute atomic E-state index is 13.7. The number of Topliss-reactive ketones (excluding diaryl/α,β-unsaturated/α-hetero) is 1. The van der Waals surface area contributed by atoms with E-state index in [1.54, 1.807) is 30.3 Å². The lowest BCUT2D eigenvalue weighted by atomic mass is 9.94. The van der Waals surface area contributed by atoms with Crippen molar-refractivity contribution in [3.63, 3.8) is 0 Å². The van der Waals surface area contributed by atoms with Gasteiger partial charge in [0.15, 0.2) is 5.78 Å². The van der Waals surface area contributed by atoms with E-state index in [2.05, 4.69) is 39.2 Å². The van der Waals surface area contributed by atoms with Gasteiger partial charge in [-0.25, -0.2) is 9.78 Å². The van der Waals surface area contributed by atoms with E-state index < -0.39 is 11.9 Å². The van der Waals surface area contributed by atoms with Crippen LogP contribution in [0.25, 0.3) is 15.6 Å². The summed E-state index contributed by atoms with van der Waals surface area (Å²) in [5.41, 5.74) is 3.90. The highest BCUT2D eigenvalue weighted by atomic mass is 32.1. The van der Waals surface area contributed by atoms with Gasteiger partial charge in [0.05, 0.1) is 28.5 Å². The number of carbonyl (C=O) groups is 2. The molecule has 1 unspecified atom stereocenters. The molecule has 2 aliphatic rings. The molecule has 47 heavy (non-hydrogen) atoms. The third-order valence-corrected chi connectivity index (χ3v) is 10.4. The van der Waals surface area contributed by atoms with Crippen molar-refractivity contribution in [2.24, 2.45) is 16.1 Å². The Kier molecular flexibility index (Phi) is 9.21. The number of esters is 1. The summed E-state index contributed by atoms with van der Waals surface area (Å²) in [7, 11) is 0. The van der Waals surface area contributed by atoms with E-state index >= 15 is 0 Å². The van der Waals surface area contributed by atoms with E-state index in [1.807, 2.05) is 42.5 Å². The molecule has 0 radical (unpaired) electrons. The molecule has 0 bridgehead atoms. The fraction of sp³-hybridized carbons (Fsp3) is 0.270. The molecule has 1 aliphatic carbocycles. The summed E-state index contributed by atoms with van der Waals surface area (Å²) in [6.07, 6.45) is 6.72. The van der Waals surface area contributed by atoms with Gasteiger partial charge >= 0.3 is 5.97 Å². The van der Waals surface area contributed by atoms with Gasteiger partial charge in [0.25, 0.3) is 0 Å². The third kappa shape index (κ3) is 7.03. The lowest BCUT2D eigenvalue weighted by molar-refractivity contribution is -0.130. The molecular formula is C37H34N4O4S2. The number of carbonyl (C=O) groups excluding carboxylic acids is 2. The number of rotatable bonds is 11. The van der Waals surface area contributed by atoms with Crippen LogP contribution in [0.15, 0.2) is 94.7 Å². The van der Waals surface area contributed by atoms with Gasteiger partial charge in [0, 0.05) is 29.2 Å². The average Bonchev–Trinajstić information content (AvgIpc) is 3.89. The number of hydrogen-bond acceptors (Lipinski definition) is 10. The highest BCUT2D eigenvalue weighted by molar-refractivity contribution is 7.29. The van der Waals surface area contributed by atoms with Gasteiger partial charge in [-0.05, 0) is 91.9 Å². The van der Waals surface area contributed by atoms with Crippen LogP contribution >= 0.6 is 22.7 Å². The van der Waals surface area contributed by atoms with Crippen LogP contribution in [0.3, 0.4) is 0 Å². The lowest BCUT2D eigenvalue weighted by Crippen LogP contribution is -2.22. The number of ketones is 1. The van der Waals surface area contributed by atoms with Crippen molar-refractivity contribution in [2.75, 3.05) is 24.6 Å². The predicted octanol–water partition coefficient (Wildman–Crippen LogP) is 9.60. The SMILES string of the molecule is CCCCOc1ccc(OC(=O)/C(=C/c2cc3sc(N=Nc4ccc(N5CCCC5)cc4)nc3s2)C2Cc3ccccc3C2=O)cc1. The maximum atomic E-state index is 13.7. The van der Waals surface area contributed by atoms with E-state index in [9.17, 15) is 9.59 Å². The van der Waals surface area contributed by atoms with Gasteiger partial charge < -0.3 is 14.4 Å². The molecule has 0 amide bonds. The van der Waals surface area contributed by atoms with Crippen molar-refractivity contribution < 1.29 is 19.1 Å². The van der Waals surface area contributed by atoms with Crippen LogP contribution in [-0.4, -0.2) is 36.4 Å². The topological polar surface area (TPSA) is 93.4 Å². The monoisotopic (exact) mass is 662 g/mol. The van der Waals surface area contributed by atoms with Crippen LogP contribution in [0.4, 0.5) is 16.5 Å². The number of thiazole rings is 1. The van der Waals surface area contributed by atoms with Crippen molar-refractivity contribution in [1.82, 2.24) is 4.98 Å². The van der Waals surface area contributed by atoms with Crippen LogP contribution in [0.1, 0.15) is 53.4 Å². The first-order valence-corrected chi connectivity index (χ1v) is 17.6. The van der Waals surface area contributed by atoms with Crippen molar-refractivity contribution in [1.29, 1.82) is 0 Å². The Morgan fingerprint density at radius 2 is 1.74 bits per heavy atom. The standard InChI is InChI=1S/C37H34N4O4S2/c1-2-3-20-44-27-14-16-28(17-15-27)45-36(43)32(31-21-24-8-4-5-9-30(24)34(31)42)22-29-23-33-35(46-29)38-37(47-33)40-39-25-10-12-26(13-11-25)41-18-6-7-19-41/h4-5,8-17,22-23,31H,2-3,6-7,18-21H2,1H3/b32-22+,40-39?. The molecule has 0 spiro atoms. The molecule has 8 nitrogen and oxygen atoms in total. The largest absolute Gasteiger partial charge is 0.494 e. The lowest BCUT2D eigenvalue weighted by Gasteiger charge is -2.17. The molecule has 10 heteroatoms. The summed E-state index contributed by atoms with van der Waals surface area (Å²) in [6, 6.07) is 24.6. The molecule has 238 valence electrons. The van der Waals surface area contributed by atoms with Crippen LogP contribution < -0.4 is 14.4 Å². The van der Waals surface area contributed by atoms with E-state index in [0.717, 1.165) is 57.3 Å². The van der Waals surface area contributed by atoms with Gasteiger partial charge in [-0.1, -0.05) is 48.9 Å². The Bertz CT molecular complexity index is 1920. The van der Waals surface area contributed by atoms with Crippen molar-refractivity contribution in [3.05, 3.63) is 100 Å². The third-order valence-electron chi connectivity index (χ3n) is 8.40. The molecule has 5 aromatic rings. The molecule has 1 fully saturated rings. The van der Waals surface area contributed by atoms with Gasteiger partial charge in [-0.2, -0.15) is 0 Å². The summed E-state index contributed by atoms with van der Waals surface area (Å²) in [4.78, 5) is 35.9. The Balaban J connectivity index is 1.10. The van der Waals surface area contributed by atoms with E-state index in [0.29, 0.717) is 35.0 Å². The Labute approximate surface area is 281 Å². The Hall–Kier alpha value is -4.67. The molecule has 0 saturated carbocycles. The molecule has 1 aliphatic heterocycles. The average molecular weight is 663 g/mol. The minimum absolute atomic E-state index is 0.0730. The quantitative estimate of drug-likeness (QED) is 0.0460. The van der Waals surface area contributed by atoms with Crippen molar-refractivity contribution in [2.45, 2.75) is 39.0 Å². The van der Waals surface area contributed by atoms with Crippen LogP contribution in [-0.2, 0) is 11.2 Å². The summed E-state index contributed by atoms with van der Waals surface area (Å²) in [5.74, 6) is -0.148. The smallest absolute Gasteiger partial charge is 0.340 e. The Morgan fingerprint density at radius 3 is 2.49 bits per heavy atom. The number of nitrogens with zero attached hydrogens (tertiary/aromatic N) is 4. The Morgan fingerprint density at radius 1 is 0.979 bits per heavy atom. The van der Waals surface area contributed by atoms with Crippen molar-refractivity contribution >= 4 is 66.5 Å². The summed E-state index contributed by atoms with van der Waals surface area (Å²) < 4.78 is 12.5. The zero-order chi connectivity index (χ0) is 32.2. The second kappa shape index (κ2) is 14.0. The van der Waals surface area contributed by atoms with Crippen molar-refractivity contribution in [3.8, 4) is 11.5 Å². The number of ether oxygens (including phenoxy) is 2. The maximum Gasteiger partial charge on any atom is 0.340 e. The van der Waals surface area contributed by atoms with Gasteiger partial charge in [-0.3, -0.25) is 4.79 Å². The van der Waals surface area contributed by atoms with E-state index in [-0.39, 0.29) is 5.78 Å². The zero-order valence-electron chi connectivity index (χ0n) is 26.1. The van der Waals surface area contributed by atoms with E-state index in [4.69, 9.17) is 9.47 Å². The number of thiophene rings is 1. The fourth-order valence-corrected chi connectivity index (χ4v) is 7.90. The van der Waals surface area contributed by atoms with Crippen LogP contribution in [0.5, 0.6) is 11.5 Å². The summed E-state index contributed by atoms with van der Waals surface area (Å²) in [5, 5.41) is 9.35. The fourth-order valence-electron chi connectivity index (χ4n) is 5.91. The van der Waals surface area contributed by atoms with Gasteiger partial charge in [0.1, 0.15) is 16.3 Å². The number of aromatic nitrogens is 1. The predicted molar refractivity (Wildman–Crippen MR) is 188 cm³/mol. The minimum atomic E-state index is -0.633. The first-order chi connectivity index (χ1) is 23.0. The van der Waals surface area contributed by atoms with Gasteiger partial charge in [0.2, 0.25) is 5.13 Å². The number of fused-ring (bicyclic) bond motifs is 2. The number of anilines is 1. The van der Waals surface area contributed by atoms with Crippen LogP contribution in [0.2, 0.25) is 0 Å². The second-order valence-electron chi connectivity index (χ2n) is 11.7. The first-order valence-electron chi connectivity index (χ1n) is 16.0. The highest BCUT2D eigenvalue weighted by Gasteiger charge is 2.36. The molecular weight excluding hydrogens is 629 g/mol. The molecule has 2 aromatic heterocycles. The molecule has 3 heterocycles. The highest BCUT2D eigenvalue weighted by Crippen LogP contribution is 2.38. The molecule has 1 saturated heterocycles. The van der Waals surface area contributed by atoms with E-state index in [1.165, 1.54) is 41.2 Å². The number of unbranched alkanes of at least 4 members (excludes halogenated alkanes) is 1. The molecule has 3 aromatic carbocycles. The number of azo groups is 1. The van der Waals surface area contributed by atoms with Crippen LogP contribution in [0, 0.1) is 5.92 Å². The second-order valence-corrected chi connectivity index (χ2v) is 13.7. The number of hydrogen-bond donors (Lipinski definition) is 0.